The molecular formula is C31H35F2N3O. The van der Waals surface area contributed by atoms with Gasteiger partial charge in [0, 0.05) is 32.1 Å². The van der Waals surface area contributed by atoms with E-state index in [-0.39, 0.29) is 35.5 Å². The number of likely N-dealkylation sites (N-methyl/N-ethyl adjacent to an activating group) is 1. The first-order valence-electron chi connectivity index (χ1n) is 13.4. The Labute approximate surface area is 218 Å². The standard InChI is InChI=1S/C31H35F2N3O/c1-2-34-18-17-28(23-7-5-3-4-6-8-23)30(34)31(37)36-21-19-35(20-22-36)29(24-9-13-26(32)14-10-24)25-11-15-27(33)16-12-25/h3-5,7-16,28-30H,2,6,17-22H2,1H3/t28-,30-/m0/s1. The van der Waals surface area contributed by atoms with Gasteiger partial charge in [0.25, 0.3) is 0 Å². The van der Waals surface area contributed by atoms with E-state index in [2.05, 4.69) is 47.1 Å². The number of piperazine rings is 1. The van der Waals surface area contributed by atoms with Gasteiger partial charge in [-0.3, -0.25) is 14.6 Å². The summed E-state index contributed by atoms with van der Waals surface area (Å²) in [6, 6.07) is 12.8. The minimum Gasteiger partial charge on any atom is -0.339 e. The minimum absolute atomic E-state index is 0.126. The zero-order valence-corrected chi connectivity index (χ0v) is 21.4. The fraction of sp³-hybridized carbons (Fsp3) is 0.387. The maximum Gasteiger partial charge on any atom is 0.240 e. The van der Waals surface area contributed by atoms with Crippen molar-refractivity contribution < 1.29 is 13.6 Å². The molecule has 37 heavy (non-hydrogen) atoms. The number of hydrogen-bond donors (Lipinski definition) is 0. The van der Waals surface area contributed by atoms with Gasteiger partial charge < -0.3 is 4.90 Å². The van der Waals surface area contributed by atoms with Crippen LogP contribution in [0.4, 0.5) is 8.78 Å². The summed E-state index contributed by atoms with van der Waals surface area (Å²) < 4.78 is 27.3. The maximum absolute atomic E-state index is 13.9. The Bertz CT molecular complexity index is 1120. The van der Waals surface area contributed by atoms with Crippen LogP contribution in [0.2, 0.25) is 0 Å². The lowest BCUT2D eigenvalue weighted by Crippen LogP contribution is -2.55. The Kier molecular flexibility index (Phi) is 7.96. The second-order valence-corrected chi connectivity index (χ2v) is 10.1. The first kappa shape index (κ1) is 25.6. The third kappa shape index (κ3) is 5.60. The van der Waals surface area contributed by atoms with E-state index in [9.17, 15) is 13.6 Å². The SMILES string of the molecule is CCN1CC[C@@H](C2=CCC=CC=C2)[C@H]1C(=O)N1CCN(C(c2ccc(F)cc2)c2ccc(F)cc2)CC1. The molecule has 4 nitrogen and oxygen atoms in total. The summed E-state index contributed by atoms with van der Waals surface area (Å²) in [5.41, 5.74) is 3.19. The molecule has 2 aliphatic heterocycles. The van der Waals surface area contributed by atoms with Crippen LogP contribution in [-0.2, 0) is 4.79 Å². The Balaban J connectivity index is 1.33. The van der Waals surface area contributed by atoms with Crippen LogP contribution in [0.1, 0.15) is 36.9 Å². The van der Waals surface area contributed by atoms with Crippen molar-refractivity contribution in [2.24, 2.45) is 5.92 Å². The van der Waals surface area contributed by atoms with Crippen LogP contribution in [0.15, 0.2) is 84.5 Å². The predicted molar refractivity (Wildman–Crippen MR) is 143 cm³/mol. The number of carbonyl (C=O) groups is 1. The molecule has 0 saturated carbocycles. The zero-order valence-electron chi connectivity index (χ0n) is 21.4. The largest absolute Gasteiger partial charge is 0.339 e. The molecule has 2 heterocycles. The molecule has 5 rings (SSSR count). The van der Waals surface area contributed by atoms with E-state index in [0.29, 0.717) is 26.2 Å². The molecule has 0 N–H and O–H groups in total. The highest BCUT2D eigenvalue weighted by Crippen LogP contribution is 2.35. The van der Waals surface area contributed by atoms with Crippen LogP contribution in [0.25, 0.3) is 0 Å². The average Bonchev–Trinajstić information content (AvgIpc) is 3.17. The topological polar surface area (TPSA) is 26.8 Å². The Morgan fingerprint density at radius 3 is 2.11 bits per heavy atom. The molecule has 6 heteroatoms. The maximum atomic E-state index is 13.9. The molecule has 194 valence electrons. The lowest BCUT2D eigenvalue weighted by atomic mass is 9.89. The lowest BCUT2D eigenvalue weighted by Gasteiger charge is -2.41. The van der Waals surface area contributed by atoms with Crippen molar-refractivity contribution in [1.82, 2.24) is 14.7 Å². The summed E-state index contributed by atoms with van der Waals surface area (Å²) in [5, 5.41) is 0. The van der Waals surface area contributed by atoms with Crippen molar-refractivity contribution in [3.05, 3.63) is 107 Å². The molecule has 1 amide bonds. The van der Waals surface area contributed by atoms with Crippen LogP contribution in [-0.4, -0.2) is 65.9 Å². The van der Waals surface area contributed by atoms with Gasteiger partial charge in [-0.15, -0.1) is 0 Å². The van der Waals surface area contributed by atoms with Crippen molar-refractivity contribution in [3.63, 3.8) is 0 Å². The number of amides is 1. The number of hydrogen-bond acceptors (Lipinski definition) is 3. The van der Waals surface area contributed by atoms with Crippen molar-refractivity contribution in [2.45, 2.75) is 31.8 Å². The number of benzene rings is 2. The molecule has 0 aromatic heterocycles. The Morgan fingerprint density at radius 2 is 1.51 bits per heavy atom. The van der Waals surface area contributed by atoms with Crippen molar-refractivity contribution in [3.8, 4) is 0 Å². The molecule has 0 radical (unpaired) electrons. The molecular weight excluding hydrogens is 468 g/mol. The van der Waals surface area contributed by atoms with Gasteiger partial charge in [0.1, 0.15) is 11.6 Å². The first-order valence-corrected chi connectivity index (χ1v) is 13.4. The second kappa shape index (κ2) is 11.5. The van der Waals surface area contributed by atoms with E-state index in [1.165, 1.54) is 29.8 Å². The van der Waals surface area contributed by atoms with Gasteiger partial charge in [0.2, 0.25) is 5.91 Å². The smallest absolute Gasteiger partial charge is 0.240 e. The zero-order chi connectivity index (χ0) is 25.8. The Morgan fingerprint density at radius 1 is 0.892 bits per heavy atom. The van der Waals surface area contributed by atoms with E-state index < -0.39 is 0 Å². The van der Waals surface area contributed by atoms with Gasteiger partial charge in [-0.05, 0) is 66.9 Å². The molecule has 2 aromatic rings. The number of nitrogens with zero attached hydrogens (tertiary/aromatic N) is 3. The molecule has 0 spiro atoms. The Hall–Kier alpha value is -3.09. The summed E-state index contributed by atoms with van der Waals surface area (Å²) in [5.74, 6) is -0.125. The molecule has 0 unspecified atom stereocenters. The van der Waals surface area contributed by atoms with E-state index in [0.717, 1.165) is 37.1 Å². The molecule has 2 atom stereocenters. The van der Waals surface area contributed by atoms with Gasteiger partial charge in [0.05, 0.1) is 12.1 Å². The summed E-state index contributed by atoms with van der Waals surface area (Å²) >= 11 is 0. The van der Waals surface area contributed by atoms with Crippen LogP contribution >= 0.6 is 0 Å². The van der Waals surface area contributed by atoms with Gasteiger partial charge in [0.15, 0.2) is 0 Å². The monoisotopic (exact) mass is 503 g/mol. The summed E-state index contributed by atoms with van der Waals surface area (Å²) in [6.07, 6.45) is 12.6. The lowest BCUT2D eigenvalue weighted by molar-refractivity contribution is -0.138. The quantitative estimate of drug-likeness (QED) is 0.532. The summed E-state index contributed by atoms with van der Waals surface area (Å²) in [7, 11) is 0. The number of halogens is 2. The highest BCUT2D eigenvalue weighted by molar-refractivity contribution is 5.83. The molecule has 1 aliphatic carbocycles. The number of carbonyl (C=O) groups excluding carboxylic acids is 1. The fourth-order valence-corrected chi connectivity index (χ4v) is 6.05. The highest BCUT2D eigenvalue weighted by Gasteiger charge is 2.42. The summed E-state index contributed by atoms with van der Waals surface area (Å²) in [4.78, 5) is 20.6. The van der Waals surface area contributed by atoms with Gasteiger partial charge >= 0.3 is 0 Å². The minimum atomic E-state index is -0.280. The van der Waals surface area contributed by atoms with E-state index in [4.69, 9.17) is 0 Å². The van der Waals surface area contributed by atoms with E-state index >= 15 is 0 Å². The second-order valence-electron chi connectivity index (χ2n) is 10.1. The van der Waals surface area contributed by atoms with Crippen LogP contribution in [0.5, 0.6) is 0 Å². The highest BCUT2D eigenvalue weighted by atomic mass is 19.1. The fourth-order valence-electron chi connectivity index (χ4n) is 6.05. The first-order chi connectivity index (χ1) is 18.0. The number of rotatable bonds is 6. The summed E-state index contributed by atoms with van der Waals surface area (Å²) in [6.45, 7) is 6.59. The van der Waals surface area contributed by atoms with Gasteiger partial charge in [-0.1, -0.05) is 61.6 Å². The number of allylic oxidation sites excluding steroid dienone is 5. The van der Waals surface area contributed by atoms with Crippen molar-refractivity contribution >= 4 is 5.91 Å². The van der Waals surface area contributed by atoms with Gasteiger partial charge in [-0.25, -0.2) is 8.78 Å². The third-order valence-corrected chi connectivity index (χ3v) is 7.98. The molecule has 2 saturated heterocycles. The van der Waals surface area contributed by atoms with Crippen LogP contribution in [0, 0.1) is 17.6 Å². The molecule has 2 fully saturated rings. The van der Waals surface area contributed by atoms with E-state index in [1.807, 2.05) is 4.90 Å². The van der Waals surface area contributed by atoms with Crippen LogP contribution in [0.3, 0.4) is 0 Å². The van der Waals surface area contributed by atoms with E-state index in [1.54, 1.807) is 24.3 Å². The average molecular weight is 504 g/mol. The van der Waals surface area contributed by atoms with Gasteiger partial charge in [-0.2, -0.15) is 0 Å². The molecule has 0 bridgehead atoms. The predicted octanol–water partition coefficient (Wildman–Crippen LogP) is 5.35. The van der Waals surface area contributed by atoms with Crippen molar-refractivity contribution in [2.75, 3.05) is 39.3 Å². The van der Waals surface area contributed by atoms with Crippen molar-refractivity contribution in [1.29, 1.82) is 0 Å². The third-order valence-electron chi connectivity index (χ3n) is 7.98. The normalized spacial score (nSPS) is 22.9. The van der Waals surface area contributed by atoms with Crippen LogP contribution < -0.4 is 0 Å². The molecule has 2 aromatic carbocycles. The number of likely N-dealkylation sites (tertiary alicyclic amines) is 1. The molecule has 3 aliphatic rings.